The fourth-order valence-corrected chi connectivity index (χ4v) is 4.10. The first-order chi connectivity index (χ1) is 16.0. The predicted molar refractivity (Wildman–Crippen MR) is 116 cm³/mol. The fourth-order valence-electron chi connectivity index (χ4n) is 4.10. The largest absolute Gasteiger partial charge is 0.480 e. The van der Waals surface area contributed by atoms with E-state index in [0.717, 1.165) is 21.9 Å². The number of hydrogen-bond donors (Lipinski definition) is 3. The molecule has 9 nitrogen and oxygen atoms in total. The Bertz CT molecular complexity index is 1200. The highest BCUT2D eigenvalue weighted by Gasteiger charge is 2.36. The Hall–Kier alpha value is -4.24. The van der Waals surface area contributed by atoms with Gasteiger partial charge in [-0.25, -0.2) is 5.06 Å². The van der Waals surface area contributed by atoms with Crippen molar-refractivity contribution < 1.29 is 29.4 Å². The van der Waals surface area contributed by atoms with Crippen molar-refractivity contribution in [3.63, 3.8) is 0 Å². The molecule has 1 amide bonds. The standard InChI is InChI=1S/C24H21N3O6/c28-23(29)12-25-24(30)18-8-7-17-20(27(18)31)11-19(16-4-2-1-3-5-16)26(17)13-15-6-9-21-22(10-15)33-14-32-21/h1-11,19,31H,12-14H2,(H,25,30)(H,28,29). The topological polar surface area (TPSA) is 112 Å². The Morgan fingerprint density at radius 2 is 1.82 bits per heavy atom. The van der Waals surface area contributed by atoms with Crippen molar-refractivity contribution >= 4 is 11.9 Å². The Labute approximate surface area is 189 Å². The zero-order valence-electron chi connectivity index (χ0n) is 17.5. The van der Waals surface area contributed by atoms with E-state index in [1.165, 1.54) is 6.08 Å². The van der Waals surface area contributed by atoms with Gasteiger partial charge in [-0.3, -0.25) is 14.8 Å². The van der Waals surface area contributed by atoms with Gasteiger partial charge >= 0.3 is 5.97 Å². The number of nitrogens with one attached hydrogen (secondary N) is 1. The van der Waals surface area contributed by atoms with Gasteiger partial charge in [-0.2, -0.15) is 0 Å². The molecular weight excluding hydrogens is 426 g/mol. The second-order valence-corrected chi connectivity index (χ2v) is 7.71. The second-order valence-electron chi connectivity index (χ2n) is 7.71. The van der Waals surface area contributed by atoms with Gasteiger partial charge < -0.3 is 24.8 Å². The van der Waals surface area contributed by atoms with Crippen molar-refractivity contribution in [2.24, 2.45) is 0 Å². The van der Waals surface area contributed by atoms with Crippen molar-refractivity contribution in [3.8, 4) is 11.5 Å². The van der Waals surface area contributed by atoms with E-state index in [-0.39, 0.29) is 18.5 Å². The number of hydroxylamine groups is 2. The molecule has 0 radical (unpaired) electrons. The summed E-state index contributed by atoms with van der Waals surface area (Å²) in [6, 6.07) is 15.4. The van der Waals surface area contributed by atoms with Gasteiger partial charge in [-0.1, -0.05) is 36.4 Å². The Kier molecular flexibility index (Phi) is 5.23. The molecule has 2 aromatic rings. The van der Waals surface area contributed by atoms with E-state index >= 15 is 0 Å². The van der Waals surface area contributed by atoms with Crippen molar-refractivity contribution in [1.29, 1.82) is 0 Å². The maximum absolute atomic E-state index is 12.4. The van der Waals surface area contributed by atoms with Crippen LogP contribution in [-0.2, 0) is 16.1 Å². The minimum absolute atomic E-state index is 0.0528. The van der Waals surface area contributed by atoms with Crippen LogP contribution in [-0.4, -0.2) is 45.5 Å². The molecule has 5 rings (SSSR count). The number of carboxylic acid groups (broad SMARTS) is 1. The molecule has 3 aliphatic rings. The third kappa shape index (κ3) is 3.90. The first kappa shape index (κ1) is 20.7. The molecule has 3 N–H and O–H groups in total. The van der Waals surface area contributed by atoms with Gasteiger partial charge in [0.05, 0.1) is 17.4 Å². The molecule has 1 unspecified atom stereocenters. The Balaban J connectivity index is 1.48. The van der Waals surface area contributed by atoms with Crippen LogP contribution in [0.1, 0.15) is 17.2 Å². The molecule has 0 bridgehead atoms. The lowest BCUT2D eigenvalue weighted by Gasteiger charge is -2.32. The minimum atomic E-state index is -1.17. The van der Waals surface area contributed by atoms with Crippen LogP contribution in [0.15, 0.2) is 83.9 Å². The monoisotopic (exact) mass is 447 g/mol. The summed E-state index contributed by atoms with van der Waals surface area (Å²) >= 11 is 0. The lowest BCUT2D eigenvalue weighted by atomic mass is 10.1. The highest BCUT2D eigenvalue weighted by atomic mass is 16.7. The quantitative estimate of drug-likeness (QED) is 0.620. The van der Waals surface area contributed by atoms with Crippen LogP contribution in [0.25, 0.3) is 0 Å². The fraction of sp³-hybridized carbons (Fsp3) is 0.167. The molecule has 9 heteroatoms. The van der Waals surface area contributed by atoms with E-state index in [1.807, 2.05) is 54.6 Å². The van der Waals surface area contributed by atoms with Gasteiger partial charge in [-0.05, 0) is 41.5 Å². The highest BCUT2D eigenvalue weighted by Crippen LogP contribution is 2.43. The van der Waals surface area contributed by atoms with Gasteiger partial charge in [0.1, 0.15) is 12.2 Å². The van der Waals surface area contributed by atoms with Crippen LogP contribution in [0.5, 0.6) is 11.5 Å². The lowest BCUT2D eigenvalue weighted by Crippen LogP contribution is -2.37. The number of carboxylic acids is 1. The summed E-state index contributed by atoms with van der Waals surface area (Å²) in [5, 5.41) is 22.7. The number of rotatable bonds is 6. The van der Waals surface area contributed by atoms with Crippen LogP contribution in [0.4, 0.5) is 0 Å². The maximum Gasteiger partial charge on any atom is 0.322 e. The van der Waals surface area contributed by atoms with E-state index in [2.05, 4.69) is 10.2 Å². The normalized spacial score (nSPS) is 18.3. The summed E-state index contributed by atoms with van der Waals surface area (Å²) in [6.45, 7) is 0.176. The van der Waals surface area contributed by atoms with Crippen molar-refractivity contribution in [3.05, 3.63) is 95.0 Å². The van der Waals surface area contributed by atoms with E-state index in [0.29, 0.717) is 23.7 Å². The number of benzene rings is 2. The molecule has 3 aliphatic heterocycles. The summed E-state index contributed by atoms with van der Waals surface area (Å²) in [7, 11) is 0. The number of aliphatic carboxylic acids is 1. The summed E-state index contributed by atoms with van der Waals surface area (Å²) in [5.41, 5.74) is 3.15. The van der Waals surface area contributed by atoms with E-state index in [9.17, 15) is 14.8 Å². The molecule has 33 heavy (non-hydrogen) atoms. The number of allylic oxidation sites excluding steroid dienone is 2. The molecule has 0 fully saturated rings. The molecule has 0 aliphatic carbocycles. The maximum atomic E-state index is 12.4. The minimum Gasteiger partial charge on any atom is -0.480 e. The summed E-state index contributed by atoms with van der Waals surface area (Å²) in [6.07, 6.45) is 5.11. The number of fused-ring (bicyclic) bond motifs is 2. The second kappa shape index (κ2) is 8.36. The highest BCUT2D eigenvalue weighted by molar-refractivity contribution is 5.95. The number of carbonyl (C=O) groups excluding carboxylic acids is 1. The van der Waals surface area contributed by atoms with Crippen LogP contribution in [0, 0.1) is 0 Å². The smallest absolute Gasteiger partial charge is 0.322 e. The summed E-state index contributed by atoms with van der Waals surface area (Å²) < 4.78 is 10.9. The number of carbonyl (C=O) groups is 2. The van der Waals surface area contributed by atoms with Crippen molar-refractivity contribution in [2.75, 3.05) is 13.3 Å². The van der Waals surface area contributed by atoms with E-state index in [1.54, 1.807) is 6.08 Å². The van der Waals surface area contributed by atoms with Crippen LogP contribution in [0.2, 0.25) is 0 Å². The number of amides is 1. The van der Waals surface area contributed by atoms with Gasteiger partial charge in [-0.15, -0.1) is 0 Å². The van der Waals surface area contributed by atoms with Gasteiger partial charge in [0, 0.05) is 6.54 Å². The Morgan fingerprint density at radius 1 is 1.03 bits per heavy atom. The van der Waals surface area contributed by atoms with Gasteiger partial charge in [0.15, 0.2) is 11.5 Å². The number of hydrogen-bond acceptors (Lipinski definition) is 7. The summed E-state index contributed by atoms with van der Waals surface area (Å²) in [5.74, 6) is -0.451. The molecular formula is C24H21N3O6. The number of nitrogens with zero attached hydrogens (tertiary/aromatic N) is 2. The zero-order valence-corrected chi connectivity index (χ0v) is 17.5. The SMILES string of the molecule is O=C(O)CNC(=O)C1=CC=C2C(=CC(c3ccccc3)N2Cc2ccc3c(c2)OCO3)N1O. The Morgan fingerprint density at radius 3 is 2.61 bits per heavy atom. The van der Waals surface area contributed by atoms with Crippen LogP contribution < -0.4 is 14.8 Å². The molecule has 0 aromatic heterocycles. The van der Waals surface area contributed by atoms with E-state index in [4.69, 9.17) is 14.6 Å². The molecule has 1 atom stereocenters. The third-order valence-corrected chi connectivity index (χ3v) is 5.64. The van der Waals surface area contributed by atoms with Crippen LogP contribution in [0.3, 0.4) is 0 Å². The van der Waals surface area contributed by atoms with Gasteiger partial charge in [0.25, 0.3) is 5.91 Å². The van der Waals surface area contributed by atoms with Crippen molar-refractivity contribution in [2.45, 2.75) is 12.6 Å². The lowest BCUT2D eigenvalue weighted by molar-refractivity contribution is -0.138. The molecule has 0 saturated carbocycles. The first-order valence-electron chi connectivity index (χ1n) is 10.3. The number of ether oxygens (including phenoxy) is 2. The predicted octanol–water partition coefficient (Wildman–Crippen LogP) is 2.53. The third-order valence-electron chi connectivity index (χ3n) is 5.64. The average Bonchev–Trinajstić information content (AvgIpc) is 3.43. The van der Waals surface area contributed by atoms with E-state index < -0.39 is 18.4 Å². The zero-order chi connectivity index (χ0) is 22.9. The average molecular weight is 447 g/mol. The van der Waals surface area contributed by atoms with Gasteiger partial charge in [0.2, 0.25) is 6.79 Å². The van der Waals surface area contributed by atoms with Crippen LogP contribution >= 0.6 is 0 Å². The molecule has 168 valence electrons. The molecule has 3 heterocycles. The first-order valence-corrected chi connectivity index (χ1v) is 10.3. The summed E-state index contributed by atoms with van der Waals surface area (Å²) in [4.78, 5) is 25.3. The molecule has 2 aromatic carbocycles. The molecule has 0 saturated heterocycles. The van der Waals surface area contributed by atoms with Crippen molar-refractivity contribution in [1.82, 2.24) is 15.3 Å². The molecule has 0 spiro atoms.